The summed E-state index contributed by atoms with van der Waals surface area (Å²) in [5.74, 6) is -1.50. The highest BCUT2D eigenvalue weighted by molar-refractivity contribution is 7.80. The summed E-state index contributed by atoms with van der Waals surface area (Å²) in [4.78, 5) is 27.4. The molecular weight excluding hydrogens is 406 g/mol. The smallest absolute Gasteiger partial charge is 0.167 e. The van der Waals surface area contributed by atoms with Crippen LogP contribution in [0.5, 0.6) is 0 Å². The van der Waals surface area contributed by atoms with Gasteiger partial charge in [-0.15, -0.1) is 0 Å². The van der Waals surface area contributed by atoms with Crippen LogP contribution < -0.4 is 10.6 Å². The van der Waals surface area contributed by atoms with E-state index < -0.39 is 34.5 Å². The zero-order valence-corrected chi connectivity index (χ0v) is 17.5. The van der Waals surface area contributed by atoms with E-state index in [1.54, 1.807) is 12.1 Å². The van der Waals surface area contributed by atoms with Gasteiger partial charge in [0.15, 0.2) is 16.7 Å². The van der Waals surface area contributed by atoms with E-state index in [2.05, 4.69) is 10.6 Å². The third kappa shape index (κ3) is 3.31. The zero-order chi connectivity index (χ0) is 21.7. The van der Waals surface area contributed by atoms with Crippen molar-refractivity contribution in [3.05, 3.63) is 71.3 Å². The molecule has 2 unspecified atom stereocenters. The van der Waals surface area contributed by atoms with Gasteiger partial charge in [0.1, 0.15) is 17.0 Å². The van der Waals surface area contributed by atoms with Crippen LogP contribution in [0.2, 0.25) is 0 Å². The summed E-state index contributed by atoms with van der Waals surface area (Å²) in [7, 11) is 0. The van der Waals surface area contributed by atoms with E-state index >= 15 is 0 Å². The van der Waals surface area contributed by atoms with Gasteiger partial charge in [0.05, 0.1) is 12.1 Å². The van der Waals surface area contributed by atoms with Crippen molar-refractivity contribution < 1.29 is 18.4 Å². The predicted octanol–water partition coefficient (Wildman–Crippen LogP) is 4.17. The van der Waals surface area contributed by atoms with Crippen molar-refractivity contribution in [3.63, 3.8) is 0 Å². The molecule has 0 aromatic heterocycles. The summed E-state index contributed by atoms with van der Waals surface area (Å²) in [6.45, 7) is 3.75. The second-order valence-corrected chi connectivity index (χ2v) is 9.24. The number of hydrogen-bond acceptors (Lipinski definition) is 3. The molecule has 2 aromatic rings. The van der Waals surface area contributed by atoms with E-state index in [1.807, 2.05) is 13.8 Å². The van der Waals surface area contributed by atoms with Gasteiger partial charge in [-0.2, -0.15) is 0 Å². The van der Waals surface area contributed by atoms with E-state index in [4.69, 9.17) is 12.2 Å². The van der Waals surface area contributed by atoms with Crippen LogP contribution in [0.3, 0.4) is 0 Å². The van der Waals surface area contributed by atoms with Gasteiger partial charge in [0.25, 0.3) is 0 Å². The third-order valence-corrected chi connectivity index (χ3v) is 6.26. The Morgan fingerprint density at radius 3 is 1.70 bits per heavy atom. The molecule has 2 aliphatic rings. The maximum absolute atomic E-state index is 14.1. The summed E-state index contributed by atoms with van der Waals surface area (Å²) in [5.41, 5.74) is -1.18. The largest absolute Gasteiger partial charge is 0.354 e. The number of carbonyl (C=O) groups excluding carboxylic acids is 2. The fourth-order valence-electron chi connectivity index (χ4n) is 4.79. The Bertz CT molecular complexity index is 974. The molecule has 1 aliphatic heterocycles. The second kappa shape index (κ2) is 7.23. The highest BCUT2D eigenvalue weighted by Gasteiger charge is 2.63. The molecule has 1 saturated carbocycles. The molecule has 2 N–H and O–H groups in total. The lowest BCUT2D eigenvalue weighted by molar-refractivity contribution is -0.154. The van der Waals surface area contributed by atoms with Crippen LogP contribution in [-0.4, -0.2) is 16.7 Å². The molecule has 0 bridgehead atoms. The third-order valence-electron chi connectivity index (χ3n) is 6.03. The summed E-state index contributed by atoms with van der Waals surface area (Å²) >= 11 is 5.37. The Hall–Kier alpha value is -2.67. The fourth-order valence-corrected chi connectivity index (χ4v) is 5.02. The molecule has 4 rings (SSSR count). The minimum atomic E-state index is -1.58. The summed E-state index contributed by atoms with van der Waals surface area (Å²) < 4.78 is 28.1. The number of carbonyl (C=O) groups is 2. The number of hydrogen-bond donors (Lipinski definition) is 2. The van der Waals surface area contributed by atoms with Crippen LogP contribution in [-0.2, 0) is 9.59 Å². The maximum Gasteiger partial charge on any atom is 0.167 e. The van der Waals surface area contributed by atoms with Crippen LogP contribution >= 0.6 is 12.2 Å². The second-order valence-electron chi connectivity index (χ2n) is 8.83. The van der Waals surface area contributed by atoms with Crippen LogP contribution in [0.4, 0.5) is 8.78 Å². The molecule has 1 aliphatic carbocycles. The van der Waals surface area contributed by atoms with Crippen molar-refractivity contribution in [2.45, 2.75) is 38.8 Å². The fraction of sp³-hybridized carbons (Fsp3) is 0.348. The van der Waals surface area contributed by atoms with Gasteiger partial charge in [-0.25, -0.2) is 8.78 Å². The number of benzene rings is 2. The Balaban J connectivity index is 1.96. The summed E-state index contributed by atoms with van der Waals surface area (Å²) in [5, 5.41) is 6.30. The zero-order valence-electron chi connectivity index (χ0n) is 16.7. The lowest BCUT2D eigenvalue weighted by Gasteiger charge is -2.52. The highest BCUT2D eigenvalue weighted by atomic mass is 32.1. The van der Waals surface area contributed by atoms with Gasteiger partial charge in [0, 0.05) is 12.8 Å². The average molecular weight is 429 g/mol. The van der Waals surface area contributed by atoms with Crippen molar-refractivity contribution in [2.24, 2.45) is 10.8 Å². The van der Waals surface area contributed by atoms with Gasteiger partial charge in [-0.3, -0.25) is 9.59 Å². The van der Waals surface area contributed by atoms with Crippen molar-refractivity contribution in [1.29, 1.82) is 0 Å². The molecule has 2 atom stereocenters. The van der Waals surface area contributed by atoms with Gasteiger partial charge < -0.3 is 10.6 Å². The first-order chi connectivity index (χ1) is 14.1. The first-order valence-electron chi connectivity index (χ1n) is 9.78. The van der Waals surface area contributed by atoms with Crippen LogP contribution in [0, 0.1) is 22.5 Å². The Labute approximate surface area is 179 Å². The topological polar surface area (TPSA) is 58.2 Å². The number of halogens is 2. The molecule has 1 spiro atoms. The molecule has 2 aromatic carbocycles. The number of rotatable bonds is 2. The number of Topliss-reactive ketones (excluding diaryl/α,β-unsaturated/α-hetero) is 2. The molecule has 0 amide bonds. The van der Waals surface area contributed by atoms with Gasteiger partial charge in [-0.05, 0) is 53.0 Å². The van der Waals surface area contributed by atoms with Crippen molar-refractivity contribution in [2.75, 3.05) is 0 Å². The molecule has 0 radical (unpaired) electrons. The van der Waals surface area contributed by atoms with Gasteiger partial charge in [0.2, 0.25) is 0 Å². The molecule has 2 fully saturated rings. The molecule has 30 heavy (non-hydrogen) atoms. The van der Waals surface area contributed by atoms with Crippen LogP contribution in [0.1, 0.15) is 49.9 Å². The quantitative estimate of drug-likeness (QED) is 0.556. The van der Waals surface area contributed by atoms with E-state index in [-0.39, 0.29) is 29.5 Å². The minimum absolute atomic E-state index is 0.173. The van der Waals surface area contributed by atoms with E-state index in [9.17, 15) is 18.4 Å². The number of nitrogens with one attached hydrogen (secondary N) is 2. The van der Waals surface area contributed by atoms with Gasteiger partial charge in [-0.1, -0.05) is 38.1 Å². The monoisotopic (exact) mass is 428 g/mol. The molecule has 156 valence electrons. The number of thiocarbonyl (C=S) groups is 1. The van der Waals surface area contributed by atoms with Crippen molar-refractivity contribution in [3.8, 4) is 0 Å². The summed E-state index contributed by atoms with van der Waals surface area (Å²) in [6.07, 6.45) is 0.346. The first kappa shape index (κ1) is 20.6. The molecule has 4 nitrogen and oxygen atoms in total. The molecule has 1 saturated heterocycles. The van der Waals surface area contributed by atoms with Crippen molar-refractivity contribution in [1.82, 2.24) is 10.6 Å². The van der Waals surface area contributed by atoms with Crippen LogP contribution in [0.15, 0.2) is 48.5 Å². The number of ketones is 2. The highest BCUT2D eigenvalue weighted by Crippen LogP contribution is 2.54. The van der Waals surface area contributed by atoms with Gasteiger partial charge >= 0.3 is 0 Å². The SMILES string of the molecule is CC1(C)CC(=O)C2(C(=O)C1)C(c1cccc(F)c1)NC(=S)NC2c1cccc(F)c1. The lowest BCUT2D eigenvalue weighted by Crippen LogP contribution is -2.66. The van der Waals surface area contributed by atoms with E-state index in [0.29, 0.717) is 11.1 Å². The van der Waals surface area contributed by atoms with E-state index in [0.717, 1.165) is 0 Å². The Morgan fingerprint density at radius 2 is 1.30 bits per heavy atom. The Kier molecular flexibility index (Phi) is 4.97. The first-order valence-corrected chi connectivity index (χ1v) is 10.2. The summed E-state index contributed by atoms with van der Waals surface area (Å²) in [6, 6.07) is 9.86. The maximum atomic E-state index is 14.1. The van der Waals surface area contributed by atoms with Crippen LogP contribution in [0.25, 0.3) is 0 Å². The molecular formula is C23H22F2N2O2S. The molecule has 7 heteroatoms. The van der Waals surface area contributed by atoms with Crippen molar-refractivity contribution >= 4 is 28.9 Å². The minimum Gasteiger partial charge on any atom is -0.354 e. The Morgan fingerprint density at radius 1 is 0.867 bits per heavy atom. The average Bonchev–Trinajstić information content (AvgIpc) is 2.65. The standard InChI is InChI=1S/C23H22F2N2O2S/c1-22(2)11-17(28)23(18(29)12-22)19(13-5-3-7-15(24)9-13)26-21(30)27-20(23)14-6-4-8-16(25)10-14/h3-10,19-20H,11-12H2,1-2H3,(H2,26,27,30). The predicted molar refractivity (Wildman–Crippen MR) is 113 cm³/mol. The lowest BCUT2D eigenvalue weighted by atomic mass is 9.55. The normalized spacial score (nSPS) is 25.0. The molecule has 1 heterocycles. The van der Waals surface area contributed by atoms with E-state index in [1.165, 1.54) is 36.4 Å².